The van der Waals surface area contributed by atoms with Gasteiger partial charge in [-0.3, -0.25) is 9.48 Å². The highest BCUT2D eigenvalue weighted by atomic mass is 16.5. The van der Waals surface area contributed by atoms with Crippen LogP contribution in [0.1, 0.15) is 24.8 Å². The molecule has 0 spiro atoms. The van der Waals surface area contributed by atoms with Crippen LogP contribution in [0.5, 0.6) is 0 Å². The minimum absolute atomic E-state index is 0.242. The third-order valence-electron chi connectivity index (χ3n) is 2.92. The minimum Gasteiger partial charge on any atom is -0.381 e. The number of nitrogens with zero attached hydrogens (tertiary/aromatic N) is 2. The van der Waals surface area contributed by atoms with Crippen molar-refractivity contribution in [2.75, 3.05) is 19.8 Å². The molecule has 1 unspecified atom stereocenters. The van der Waals surface area contributed by atoms with E-state index in [1.807, 2.05) is 17.1 Å². The van der Waals surface area contributed by atoms with Crippen molar-refractivity contribution in [1.29, 1.82) is 0 Å². The van der Waals surface area contributed by atoms with Gasteiger partial charge in [0.1, 0.15) is 0 Å². The van der Waals surface area contributed by atoms with Gasteiger partial charge in [-0.05, 0) is 24.8 Å². The predicted octanol–water partition coefficient (Wildman–Crippen LogP) is 0.526. The molecular formula is C13H17N3O2. The second-order valence-electron chi connectivity index (χ2n) is 4.23. The van der Waals surface area contributed by atoms with E-state index in [1.54, 1.807) is 6.92 Å². The fraction of sp³-hybridized carbons (Fsp3) is 0.538. The summed E-state index contributed by atoms with van der Waals surface area (Å²) in [6, 6.07) is 0. The third-order valence-corrected chi connectivity index (χ3v) is 2.92. The first-order chi connectivity index (χ1) is 8.79. The molecule has 0 saturated carbocycles. The highest BCUT2D eigenvalue weighted by molar-refractivity contribution is 5.93. The van der Waals surface area contributed by atoms with Crippen LogP contribution in [-0.4, -0.2) is 35.4 Å². The van der Waals surface area contributed by atoms with Crippen molar-refractivity contribution in [3.8, 4) is 11.8 Å². The molecule has 18 heavy (non-hydrogen) atoms. The SMILES string of the molecule is CC#CC(=O)NCCn1cc(C2CCOC2)cn1. The fourth-order valence-electron chi connectivity index (χ4n) is 1.95. The number of ether oxygens (including phenoxy) is 1. The quantitative estimate of drug-likeness (QED) is 0.789. The monoisotopic (exact) mass is 247 g/mol. The number of hydrogen-bond acceptors (Lipinski definition) is 3. The largest absolute Gasteiger partial charge is 0.381 e. The summed E-state index contributed by atoms with van der Waals surface area (Å²) in [4.78, 5) is 11.1. The second kappa shape index (κ2) is 6.22. The summed E-state index contributed by atoms with van der Waals surface area (Å²) in [5, 5.41) is 6.99. The molecule has 1 amide bonds. The van der Waals surface area contributed by atoms with Crippen molar-refractivity contribution in [2.45, 2.75) is 25.8 Å². The zero-order valence-corrected chi connectivity index (χ0v) is 10.5. The molecule has 2 rings (SSSR count). The van der Waals surface area contributed by atoms with Crippen LogP contribution in [0.25, 0.3) is 0 Å². The van der Waals surface area contributed by atoms with Crippen molar-refractivity contribution in [2.24, 2.45) is 0 Å². The van der Waals surface area contributed by atoms with E-state index in [0.29, 0.717) is 19.0 Å². The summed E-state index contributed by atoms with van der Waals surface area (Å²) >= 11 is 0. The number of rotatable bonds is 4. The molecule has 5 nitrogen and oxygen atoms in total. The van der Waals surface area contributed by atoms with Crippen molar-refractivity contribution in [1.82, 2.24) is 15.1 Å². The Morgan fingerprint density at radius 3 is 3.33 bits per heavy atom. The lowest BCUT2D eigenvalue weighted by atomic mass is 10.0. The highest BCUT2D eigenvalue weighted by Gasteiger charge is 2.18. The van der Waals surface area contributed by atoms with Gasteiger partial charge in [0.05, 0.1) is 19.3 Å². The smallest absolute Gasteiger partial charge is 0.295 e. The number of carbonyl (C=O) groups is 1. The normalized spacial score (nSPS) is 18.2. The van der Waals surface area contributed by atoms with Crippen LogP contribution in [0, 0.1) is 11.8 Å². The van der Waals surface area contributed by atoms with Crippen LogP contribution in [-0.2, 0) is 16.1 Å². The molecule has 1 atom stereocenters. The van der Waals surface area contributed by atoms with Gasteiger partial charge in [0.15, 0.2) is 0 Å². The van der Waals surface area contributed by atoms with Crippen LogP contribution < -0.4 is 5.32 Å². The maximum absolute atomic E-state index is 11.1. The Morgan fingerprint density at radius 2 is 2.61 bits per heavy atom. The maximum Gasteiger partial charge on any atom is 0.295 e. The molecule has 1 N–H and O–H groups in total. The number of hydrogen-bond donors (Lipinski definition) is 1. The van der Waals surface area contributed by atoms with E-state index in [0.717, 1.165) is 19.6 Å². The molecule has 0 radical (unpaired) electrons. The fourth-order valence-corrected chi connectivity index (χ4v) is 1.95. The van der Waals surface area contributed by atoms with Crippen LogP contribution in [0.3, 0.4) is 0 Å². The molecule has 1 fully saturated rings. The van der Waals surface area contributed by atoms with E-state index in [1.165, 1.54) is 5.56 Å². The molecule has 0 bridgehead atoms. The summed E-state index contributed by atoms with van der Waals surface area (Å²) in [5.74, 6) is 5.22. The van der Waals surface area contributed by atoms with E-state index in [9.17, 15) is 4.79 Å². The van der Waals surface area contributed by atoms with E-state index >= 15 is 0 Å². The Morgan fingerprint density at radius 1 is 1.72 bits per heavy atom. The average Bonchev–Trinajstić information content (AvgIpc) is 2.99. The third kappa shape index (κ3) is 3.34. The Labute approximate surface area is 107 Å². The van der Waals surface area contributed by atoms with Gasteiger partial charge in [-0.2, -0.15) is 5.10 Å². The lowest BCUT2D eigenvalue weighted by molar-refractivity contribution is -0.115. The van der Waals surface area contributed by atoms with Crippen molar-refractivity contribution < 1.29 is 9.53 Å². The lowest BCUT2D eigenvalue weighted by Crippen LogP contribution is -2.25. The van der Waals surface area contributed by atoms with Gasteiger partial charge < -0.3 is 10.1 Å². The van der Waals surface area contributed by atoms with Gasteiger partial charge in [0, 0.05) is 25.3 Å². The topological polar surface area (TPSA) is 56.2 Å². The molecule has 1 aromatic rings. The Kier molecular flexibility index (Phi) is 4.37. The zero-order chi connectivity index (χ0) is 12.8. The summed E-state index contributed by atoms with van der Waals surface area (Å²) in [6.45, 7) is 4.46. The second-order valence-corrected chi connectivity index (χ2v) is 4.23. The lowest BCUT2D eigenvalue weighted by Gasteiger charge is -2.03. The first kappa shape index (κ1) is 12.7. The van der Waals surface area contributed by atoms with Gasteiger partial charge in [-0.1, -0.05) is 5.92 Å². The van der Waals surface area contributed by atoms with E-state index < -0.39 is 0 Å². The van der Waals surface area contributed by atoms with Crippen molar-refractivity contribution in [3.63, 3.8) is 0 Å². The predicted molar refractivity (Wildman–Crippen MR) is 66.9 cm³/mol. The molecule has 5 heteroatoms. The molecule has 0 aromatic carbocycles. The molecule has 0 aliphatic carbocycles. The van der Waals surface area contributed by atoms with Crippen LogP contribution in [0.4, 0.5) is 0 Å². The summed E-state index contributed by atoms with van der Waals surface area (Å²) in [7, 11) is 0. The van der Waals surface area contributed by atoms with Crippen LogP contribution in [0.15, 0.2) is 12.4 Å². The van der Waals surface area contributed by atoms with Crippen LogP contribution in [0.2, 0.25) is 0 Å². The van der Waals surface area contributed by atoms with Gasteiger partial charge in [0.2, 0.25) is 0 Å². The molecular weight excluding hydrogens is 230 g/mol. The zero-order valence-electron chi connectivity index (χ0n) is 10.5. The number of aromatic nitrogens is 2. The summed E-state index contributed by atoms with van der Waals surface area (Å²) in [6.07, 6.45) is 4.97. The average molecular weight is 247 g/mol. The highest BCUT2D eigenvalue weighted by Crippen LogP contribution is 2.24. The number of amides is 1. The molecule has 1 aromatic heterocycles. The minimum atomic E-state index is -0.242. The number of nitrogens with one attached hydrogen (secondary N) is 1. The standard InChI is InChI=1S/C13H17N3O2/c1-2-3-13(17)14-5-6-16-9-12(8-15-16)11-4-7-18-10-11/h8-9,11H,4-7,10H2,1H3,(H,14,17). The molecule has 1 saturated heterocycles. The molecule has 2 heterocycles. The van der Waals surface area contributed by atoms with Gasteiger partial charge in [0.25, 0.3) is 5.91 Å². The number of carbonyl (C=O) groups excluding carboxylic acids is 1. The summed E-state index contributed by atoms with van der Waals surface area (Å²) < 4.78 is 7.19. The van der Waals surface area contributed by atoms with Gasteiger partial charge in [-0.15, -0.1) is 0 Å². The molecule has 1 aliphatic heterocycles. The Bertz CT molecular complexity index is 464. The first-order valence-electron chi connectivity index (χ1n) is 6.10. The summed E-state index contributed by atoms with van der Waals surface area (Å²) in [5.41, 5.74) is 1.21. The van der Waals surface area contributed by atoms with E-state index in [-0.39, 0.29) is 5.91 Å². The molecule has 1 aliphatic rings. The Hall–Kier alpha value is -1.80. The Balaban J connectivity index is 1.79. The van der Waals surface area contributed by atoms with Crippen LogP contribution >= 0.6 is 0 Å². The van der Waals surface area contributed by atoms with Gasteiger partial charge in [-0.25, -0.2) is 0 Å². The van der Waals surface area contributed by atoms with Crippen molar-refractivity contribution >= 4 is 5.91 Å². The molecule has 96 valence electrons. The van der Waals surface area contributed by atoms with Gasteiger partial charge >= 0.3 is 0 Å². The van der Waals surface area contributed by atoms with Crippen molar-refractivity contribution in [3.05, 3.63) is 18.0 Å². The first-order valence-corrected chi connectivity index (χ1v) is 6.10. The van der Waals surface area contributed by atoms with E-state index in [2.05, 4.69) is 22.3 Å². The van der Waals surface area contributed by atoms with E-state index in [4.69, 9.17) is 4.74 Å². The maximum atomic E-state index is 11.1.